The van der Waals surface area contributed by atoms with Gasteiger partial charge in [-0.25, -0.2) is 9.78 Å². The normalized spacial score (nSPS) is 19.3. The number of ether oxygens (including phenoxy) is 1. The number of methoxy groups -OCH3 is 1. The summed E-state index contributed by atoms with van der Waals surface area (Å²) in [5.74, 6) is 2.85. The van der Waals surface area contributed by atoms with Crippen molar-refractivity contribution in [2.45, 2.75) is 13.3 Å². The lowest BCUT2D eigenvalue weighted by atomic mass is 10.1. The second-order valence-corrected chi connectivity index (χ2v) is 6.38. The fourth-order valence-corrected chi connectivity index (χ4v) is 3.83. The molecule has 0 aromatic carbocycles. The number of rotatable bonds is 4. The van der Waals surface area contributed by atoms with Gasteiger partial charge in [-0.05, 0) is 30.8 Å². The van der Waals surface area contributed by atoms with Crippen LogP contribution in [0.2, 0.25) is 0 Å². The number of carbonyl (C=O) groups is 1. The maximum atomic E-state index is 11.4. The molecule has 0 radical (unpaired) electrons. The highest BCUT2D eigenvalue weighted by atomic mass is 32.2. The summed E-state index contributed by atoms with van der Waals surface area (Å²) in [7, 11) is 1.38. The van der Waals surface area contributed by atoms with Gasteiger partial charge in [-0.3, -0.25) is 0 Å². The number of esters is 1. The molecular weight excluding hydrogens is 256 g/mol. The fraction of sp³-hybridized carbons (Fsp3) is 0.636. The van der Waals surface area contributed by atoms with Crippen LogP contribution in [-0.4, -0.2) is 36.1 Å². The Bertz CT molecular complexity index is 400. The Labute approximate surface area is 109 Å². The van der Waals surface area contributed by atoms with E-state index in [4.69, 9.17) is 0 Å². The first-order valence-electron chi connectivity index (χ1n) is 5.58. The molecule has 1 aromatic heterocycles. The highest BCUT2D eigenvalue weighted by Gasteiger charge is 2.18. The molecule has 4 nitrogen and oxygen atoms in total. The fourth-order valence-electron chi connectivity index (χ4n) is 1.73. The number of carbonyl (C=O) groups excluding carboxylic acids is 1. The quantitative estimate of drug-likeness (QED) is 0.853. The maximum absolute atomic E-state index is 11.4. The molecular formula is C11H16N2O2S2. The molecule has 1 aliphatic heterocycles. The second-order valence-electron chi connectivity index (χ2n) is 4.03. The molecule has 1 saturated heterocycles. The number of thioether (sulfide) groups is 1. The number of nitrogens with one attached hydrogen (secondary N) is 1. The van der Waals surface area contributed by atoms with E-state index in [2.05, 4.69) is 15.0 Å². The van der Waals surface area contributed by atoms with Crippen molar-refractivity contribution in [2.75, 3.05) is 30.5 Å². The van der Waals surface area contributed by atoms with Crippen molar-refractivity contribution < 1.29 is 9.53 Å². The summed E-state index contributed by atoms with van der Waals surface area (Å²) in [5.41, 5.74) is 0.431. The van der Waals surface area contributed by atoms with E-state index < -0.39 is 0 Å². The predicted molar refractivity (Wildman–Crippen MR) is 72.1 cm³/mol. The zero-order valence-electron chi connectivity index (χ0n) is 9.99. The molecule has 0 amide bonds. The third kappa shape index (κ3) is 3.13. The Morgan fingerprint density at radius 1 is 1.65 bits per heavy atom. The van der Waals surface area contributed by atoms with E-state index in [9.17, 15) is 4.79 Å². The Balaban J connectivity index is 1.94. The van der Waals surface area contributed by atoms with Gasteiger partial charge in [0.2, 0.25) is 0 Å². The van der Waals surface area contributed by atoms with Crippen molar-refractivity contribution in [3.63, 3.8) is 0 Å². The van der Waals surface area contributed by atoms with E-state index in [0.29, 0.717) is 5.69 Å². The van der Waals surface area contributed by atoms with Crippen molar-refractivity contribution in [1.82, 2.24) is 4.98 Å². The average Bonchev–Trinajstić information content (AvgIpc) is 2.94. The molecule has 1 fully saturated rings. The van der Waals surface area contributed by atoms with Gasteiger partial charge >= 0.3 is 5.97 Å². The highest BCUT2D eigenvalue weighted by Crippen LogP contribution is 2.26. The molecule has 1 unspecified atom stereocenters. The number of hydrogen-bond donors (Lipinski definition) is 1. The standard InChI is InChI=1S/C11H16N2O2S2/c1-7-9(10(14)15-2)13-11(17-7)12-5-8-3-4-16-6-8/h8H,3-6H2,1-2H3,(H,12,13). The second kappa shape index (κ2) is 5.73. The van der Waals surface area contributed by atoms with Gasteiger partial charge in [0.05, 0.1) is 7.11 Å². The smallest absolute Gasteiger partial charge is 0.357 e. The van der Waals surface area contributed by atoms with Crippen molar-refractivity contribution in [2.24, 2.45) is 5.92 Å². The van der Waals surface area contributed by atoms with E-state index in [0.717, 1.165) is 22.5 Å². The van der Waals surface area contributed by atoms with E-state index >= 15 is 0 Å². The van der Waals surface area contributed by atoms with Gasteiger partial charge in [0, 0.05) is 11.4 Å². The number of anilines is 1. The molecule has 94 valence electrons. The minimum Gasteiger partial charge on any atom is -0.464 e. The predicted octanol–water partition coefficient (Wildman–Crippen LogP) is 2.40. The van der Waals surface area contributed by atoms with Gasteiger partial charge in [-0.1, -0.05) is 0 Å². The van der Waals surface area contributed by atoms with Gasteiger partial charge in [0.15, 0.2) is 10.8 Å². The van der Waals surface area contributed by atoms with E-state index in [-0.39, 0.29) is 5.97 Å². The number of thiazole rings is 1. The molecule has 6 heteroatoms. The Morgan fingerprint density at radius 2 is 2.47 bits per heavy atom. The van der Waals surface area contributed by atoms with Gasteiger partial charge in [0.25, 0.3) is 0 Å². The van der Waals surface area contributed by atoms with Gasteiger partial charge in [0.1, 0.15) is 0 Å². The van der Waals surface area contributed by atoms with Crippen LogP contribution in [0.4, 0.5) is 5.13 Å². The molecule has 0 bridgehead atoms. The summed E-state index contributed by atoms with van der Waals surface area (Å²) in [6.45, 7) is 2.83. The topological polar surface area (TPSA) is 51.2 Å². The SMILES string of the molecule is COC(=O)c1nc(NCC2CCSC2)sc1C. The zero-order valence-corrected chi connectivity index (χ0v) is 11.6. The summed E-state index contributed by atoms with van der Waals surface area (Å²) in [5, 5.41) is 4.13. The van der Waals surface area contributed by atoms with Crippen LogP contribution in [0, 0.1) is 12.8 Å². The number of aromatic nitrogens is 1. The molecule has 2 heterocycles. The van der Waals surface area contributed by atoms with Gasteiger partial charge < -0.3 is 10.1 Å². The summed E-state index contributed by atoms with van der Waals surface area (Å²) < 4.78 is 4.68. The van der Waals surface area contributed by atoms with Crippen LogP contribution >= 0.6 is 23.1 Å². The van der Waals surface area contributed by atoms with E-state index in [1.54, 1.807) is 0 Å². The van der Waals surface area contributed by atoms with Gasteiger partial charge in [-0.2, -0.15) is 11.8 Å². The Morgan fingerprint density at radius 3 is 3.12 bits per heavy atom. The maximum Gasteiger partial charge on any atom is 0.357 e. The van der Waals surface area contributed by atoms with Crippen LogP contribution in [0.1, 0.15) is 21.8 Å². The minimum atomic E-state index is -0.358. The summed E-state index contributed by atoms with van der Waals surface area (Å²) in [4.78, 5) is 16.6. The number of nitrogens with zero attached hydrogens (tertiary/aromatic N) is 1. The van der Waals surface area contributed by atoms with Crippen LogP contribution in [0.15, 0.2) is 0 Å². The van der Waals surface area contributed by atoms with Crippen molar-refractivity contribution >= 4 is 34.2 Å². The first-order valence-corrected chi connectivity index (χ1v) is 7.55. The molecule has 1 N–H and O–H groups in total. The Hall–Kier alpha value is -0.750. The molecule has 17 heavy (non-hydrogen) atoms. The lowest BCUT2D eigenvalue weighted by Gasteiger charge is -2.07. The van der Waals surface area contributed by atoms with Crippen molar-refractivity contribution in [3.8, 4) is 0 Å². The number of aryl methyl sites for hydroxylation is 1. The van der Waals surface area contributed by atoms with Crippen molar-refractivity contribution in [3.05, 3.63) is 10.6 Å². The minimum absolute atomic E-state index is 0.358. The van der Waals surface area contributed by atoms with Crippen LogP contribution in [-0.2, 0) is 4.74 Å². The van der Waals surface area contributed by atoms with Gasteiger partial charge in [-0.15, -0.1) is 11.3 Å². The van der Waals surface area contributed by atoms with Crippen LogP contribution in [0.3, 0.4) is 0 Å². The molecule has 1 aromatic rings. The molecule has 0 saturated carbocycles. The molecule has 1 atom stereocenters. The largest absolute Gasteiger partial charge is 0.464 e. The van der Waals surface area contributed by atoms with Crippen LogP contribution < -0.4 is 5.32 Å². The summed E-state index contributed by atoms with van der Waals surface area (Å²) in [6, 6.07) is 0. The third-order valence-electron chi connectivity index (χ3n) is 2.74. The van der Waals surface area contributed by atoms with Crippen LogP contribution in [0.5, 0.6) is 0 Å². The van der Waals surface area contributed by atoms with E-state index in [1.165, 1.54) is 36.4 Å². The first kappa shape index (κ1) is 12.7. The first-order chi connectivity index (χ1) is 8.20. The summed E-state index contributed by atoms with van der Waals surface area (Å²) >= 11 is 3.51. The molecule has 1 aliphatic rings. The van der Waals surface area contributed by atoms with Crippen molar-refractivity contribution in [1.29, 1.82) is 0 Å². The zero-order chi connectivity index (χ0) is 12.3. The molecule has 2 rings (SSSR count). The number of hydrogen-bond acceptors (Lipinski definition) is 6. The monoisotopic (exact) mass is 272 g/mol. The van der Waals surface area contributed by atoms with E-state index in [1.807, 2.05) is 18.7 Å². The lowest BCUT2D eigenvalue weighted by molar-refractivity contribution is 0.0594. The van der Waals surface area contributed by atoms with Crippen LogP contribution in [0.25, 0.3) is 0 Å². The Kier molecular flexibility index (Phi) is 4.28. The summed E-state index contributed by atoms with van der Waals surface area (Å²) in [6.07, 6.45) is 1.27. The highest BCUT2D eigenvalue weighted by molar-refractivity contribution is 7.99. The third-order valence-corrected chi connectivity index (χ3v) is 4.90. The lowest BCUT2D eigenvalue weighted by Crippen LogP contribution is -2.13. The molecule has 0 aliphatic carbocycles. The molecule has 0 spiro atoms. The average molecular weight is 272 g/mol.